The summed E-state index contributed by atoms with van der Waals surface area (Å²) in [6.45, 7) is 2.45. The third-order valence-corrected chi connectivity index (χ3v) is 6.19. The monoisotopic (exact) mass is 393 g/mol. The van der Waals surface area contributed by atoms with Crippen LogP contribution in [-0.4, -0.2) is 34.6 Å². The normalized spacial score (nSPS) is 17.4. The molecule has 142 valence electrons. The average molecular weight is 393 g/mol. The fourth-order valence-electron chi connectivity index (χ4n) is 3.52. The summed E-state index contributed by atoms with van der Waals surface area (Å²) in [5, 5.41) is 1.73. The van der Waals surface area contributed by atoms with Gasteiger partial charge in [0, 0.05) is 41.8 Å². The lowest BCUT2D eigenvalue weighted by molar-refractivity contribution is -0.121. The zero-order valence-electron chi connectivity index (χ0n) is 15.9. The summed E-state index contributed by atoms with van der Waals surface area (Å²) in [6.07, 6.45) is 1.93. The third-order valence-electron chi connectivity index (χ3n) is 5.04. The number of fused-ring (bicyclic) bond motifs is 1. The molecule has 4 nitrogen and oxygen atoms in total. The van der Waals surface area contributed by atoms with Crippen LogP contribution in [0.5, 0.6) is 0 Å². The van der Waals surface area contributed by atoms with Crippen LogP contribution in [-0.2, 0) is 11.3 Å². The van der Waals surface area contributed by atoms with E-state index >= 15 is 0 Å². The van der Waals surface area contributed by atoms with Crippen molar-refractivity contribution in [3.05, 3.63) is 76.1 Å². The summed E-state index contributed by atoms with van der Waals surface area (Å²) in [7, 11) is 3.41. The molecule has 1 saturated heterocycles. The van der Waals surface area contributed by atoms with Crippen LogP contribution in [0.1, 0.15) is 16.8 Å². The van der Waals surface area contributed by atoms with E-state index in [0.717, 1.165) is 22.2 Å². The summed E-state index contributed by atoms with van der Waals surface area (Å²) in [6, 6.07) is 14.8. The van der Waals surface area contributed by atoms with Crippen LogP contribution < -0.4 is 0 Å². The van der Waals surface area contributed by atoms with Gasteiger partial charge in [0.1, 0.15) is 5.82 Å². The summed E-state index contributed by atoms with van der Waals surface area (Å²) in [5.74, 6) is -0.275. The highest BCUT2D eigenvalue weighted by atomic mass is 32.2. The number of amides is 1. The molecule has 0 atom stereocenters. The van der Waals surface area contributed by atoms with E-state index in [1.807, 2.05) is 43.3 Å². The molecule has 1 amide bonds. The lowest BCUT2D eigenvalue weighted by Gasteiger charge is -2.09. The second-order valence-electron chi connectivity index (χ2n) is 6.67. The van der Waals surface area contributed by atoms with Crippen molar-refractivity contribution in [1.29, 1.82) is 0 Å². The Kier molecular flexibility index (Phi) is 4.81. The smallest absolute Gasteiger partial charge is 0.266 e. The number of halogens is 1. The summed E-state index contributed by atoms with van der Waals surface area (Å²) in [4.78, 5) is 18.9. The van der Waals surface area contributed by atoms with Crippen LogP contribution >= 0.6 is 11.8 Å². The van der Waals surface area contributed by atoms with Crippen molar-refractivity contribution in [1.82, 2.24) is 9.47 Å². The standard InChI is InChI=1S/C22H20FN3OS/c1-14-17(12-20-21(27)25(3)22(24-2)28-20)16-9-5-7-11-19(16)26(14)13-15-8-4-6-10-18(15)23/h4-12H,13H2,1-3H3/b20-12+,24-22?. The van der Waals surface area contributed by atoms with Gasteiger partial charge in [0.15, 0.2) is 5.17 Å². The lowest BCUT2D eigenvalue weighted by Crippen LogP contribution is -2.23. The molecule has 2 heterocycles. The van der Waals surface area contributed by atoms with Gasteiger partial charge in [-0.25, -0.2) is 4.39 Å². The summed E-state index contributed by atoms with van der Waals surface area (Å²) < 4.78 is 16.3. The minimum Gasteiger partial charge on any atom is -0.340 e. The van der Waals surface area contributed by atoms with E-state index in [1.165, 1.54) is 17.8 Å². The lowest BCUT2D eigenvalue weighted by atomic mass is 10.1. The molecule has 0 bridgehead atoms. The predicted molar refractivity (Wildman–Crippen MR) is 114 cm³/mol. The topological polar surface area (TPSA) is 37.6 Å². The number of amidine groups is 1. The zero-order valence-corrected chi connectivity index (χ0v) is 16.8. The number of benzene rings is 2. The van der Waals surface area contributed by atoms with Crippen LogP contribution in [0.25, 0.3) is 17.0 Å². The molecule has 28 heavy (non-hydrogen) atoms. The molecule has 0 N–H and O–H groups in total. The summed E-state index contributed by atoms with van der Waals surface area (Å²) >= 11 is 1.37. The molecule has 1 aromatic heterocycles. The third kappa shape index (κ3) is 3.03. The number of carbonyl (C=O) groups is 1. The van der Waals surface area contributed by atoms with Gasteiger partial charge in [0.2, 0.25) is 0 Å². The van der Waals surface area contributed by atoms with Crippen molar-refractivity contribution in [3.63, 3.8) is 0 Å². The van der Waals surface area contributed by atoms with Crippen molar-refractivity contribution in [2.24, 2.45) is 4.99 Å². The van der Waals surface area contributed by atoms with Crippen molar-refractivity contribution in [3.8, 4) is 0 Å². The molecule has 4 rings (SSSR count). The molecule has 0 aliphatic carbocycles. The molecule has 0 radical (unpaired) electrons. The SMILES string of the molecule is CN=C1S/C(=C/c2c(C)n(Cc3ccccc3F)c3ccccc23)C(=O)N1C. The first-order valence-corrected chi connectivity index (χ1v) is 9.78. The number of para-hydroxylation sites is 1. The Morgan fingerprint density at radius 1 is 1.14 bits per heavy atom. The molecule has 6 heteroatoms. The van der Waals surface area contributed by atoms with Crippen LogP contribution in [0.4, 0.5) is 4.39 Å². The highest BCUT2D eigenvalue weighted by Gasteiger charge is 2.30. The molecular formula is C22H20FN3OS. The second-order valence-corrected chi connectivity index (χ2v) is 7.68. The number of thioether (sulfide) groups is 1. The summed E-state index contributed by atoms with van der Waals surface area (Å²) in [5.41, 5.74) is 3.63. The Balaban J connectivity index is 1.85. The predicted octanol–water partition coefficient (Wildman–Crippen LogP) is 4.67. The Bertz CT molecular complexity index is 1150. The first-order chi connectivity index (χ1) is 13.5. The number of nitrogens with zero attached hydrogens (tertiary/aromatic N) is 3. The molecule has 1 fully saturated rings. The van der Waals surface area contributed by atoms with Crippen molar-refractivity contribution in [2.45, 2.75) is 13.5 Å². The largest absolute Gasteiger partial charge is 0.340 e. The van der Waals surface area contributed by atoms with E-state index in [1.54, 1.807) is 31.1 Å². The minimum absolute atomic E-state index is 0.0593. The van der Waals surface area contributed by atoms with Gasteiger partial charge in [-0.2, -0.15) is 0 Å². The second kappa shape index (κ2) is 7.28. The van der Waals surface area contributed by atoms with E-state index in [2.05, 4.69) is 9.56 Å². The number of aromatic nitrogens is 1. The maximum atomic E-state index is 14.2. The fourth-order valence-corrected chi connectivity index (χ4v) is 4.43. The fraction of sp³-hybridized carbons (Fsp3) is 0.182. The Labute approximate surface area is 167 Å². The molecule has 0 spiro atoms. The number of hydrogen-bond acceptors (Lipinski definition) is 3. The van der Waals surface area contributed by atoms with E-state index in [-0.39, 0.29) is 11.7 Å². The van der Waals surface area contributed by atoms with Crippen LogP contribution in [0.3, 0.4) is 0 Å². The quantitative estimate of drug-likeness (QED) is 0.607. The van der Waals surface area contributed by atoms with E-state index in [9.17, 15) is 9.18 Å². The van der Waals surface area contributed by atoms with Gasteiger partial charge < -0.3 is 4.57 Å². The van der Waals surface area contributed by atoms with Gasteiger partial charge in [0.25, 0.3) is 5.91 Å². The molecule has 0 unspecified atom stereocenters. The number of hydrogen-bond donors (Lipinski definition) is 0. The molecule has 3 aromatic rings. The number of carbonyl (C=O) groups excluding carboxylic acids is 1. The van der Waals surface area contributed by atoms with Crippen LogP contribution in [0, 0.1) is 12.7 Å². The highest BCUT2D eigenvalue weighted by Crippen LogP contribution is 2.35. The minimum atomic E-state index is -0.216. The molecule has 0 saturated carbocycles. The van der Waals surface area contributed by atoms with Gasteiger partial charge in [-0.3, -0.25) is 14.7 Å². The van der Waals surface area contributed by atoms with Crippen molar-refractivity contribution in [2.75, 3.05) is 14.1 Å². The Morgan fingerprint density at radius 3 is 2.57 bits per heavy atom. The molecule has 2 aromatic carbocycles. The van der Waals surface area contributed by atoms with Gasteiger partial charge in [-0.05, 0) is 36.9 Å². The van der Waals surface area contributed by atoms with Crippen LogP contribution in [0.2, 0.25) is 0 Å². The van der Waals surface area contributed by atoms with E-state index in [4.69, 9.17) is 0 Å². The maximum absolute atomic E-state index is 14.2. The van der Waals surface area contributed by atoms with Gasteiger partial charge in [-0.15, -0.1) is 0 Å². The van der Waals surface area contributed by atoms with E-state index in [0.29, 0.717) is 22.2 Å². The highest BCUT2D eigenvalue weighted by molar-refractivity contribution is 8.18. The Hall–Kier alpha value is -2.86. The van der Waals surface area contributed by atoms with Crippen LogP contribution in [0.15, 0.2) is 58.4 Å². The van der Waals surface area contributed by atoms with Gasteiger partial charge >= 0.3 is 0 Å². The maximum Gasteiger partial charge on any atom is 0.266 e. The Morgan fingerprint density at radius 2 is 1.86 bits per heavy atom. The van der Waals surface area contributed by atoms with Crippen molar-refractivity contribution < 1.29 is 9.18 Å². The number of rotatable bonds is 3. The van der Waals surface area contributed by atoms with Crippen molar-refractivity contribution >= 4 is 39.8 Å². The average Bonchev–Trinajstić information content (AvgIpc) is 3.13. The molecule has 1 aliphatic rings. The molecular weight excluding hydrogens is 373 g/mol. The first kappa shape index (κ1) is 18.5. The van der Waals surface area contributed by atoms with Gasteiger partial charge in [-0.1, -0.05) is 36.4 Å². The zero-order chi connectivity index (χ0) is 19.8. The van der Waals surface area contributed by atoms with Gasteiger partial charge in [0.05, 0.1) is 11.4 Å². The van der Waals surface area contributed by atoms with E-state index < -0.39 is 0 Å². The number of aliphatic imine (C=N–C) groups is 1. The molecule has 1 aliphatic heterocycles. The number of likely N-dealkylation sites (N-methyl/N-ethyl adjacent to an activating group) is 1. The first-order valence-electron chi connectivity index (χ1n) is 8.97.